The van der Waals surface area contributed by atoms with Gasteiger partial charge in [0.05, 0.1) is 18.0 Å². The quantitative estimate of drug-likeness (QED) is 0.887. The molecule has 1 aromatic carbocycles. The summed E-state index contributed by atoms with van der Waals surface area (Å²) in [7, 11) is 0.0708. The SMILES string of the molecule is CN(C)c1ccccc1NS(=O)(=O)c1ccc(CO)s1. The van der Waals surface area contributed by atoms with Crippen LogP contribution in [0.5, 0.6) is 0 Å². The zero-order valence-electron chi connectivity index (χ0n) is 11.2. The molecule has 0 aliphatic heterocycles. The average Bonchev–Trinajstić information content (AvgIpc) is 2.88. The van der Waals surface area contributed by atoms with Gasteiger partial charge in [0.2, 0.25) is 0 Å². The van der Waals surface area contributed by atoms with Gasteiger partial charge in [0.15, 0.2) is 0 Å². The maximum Gasteiger partial charge on any atom is 0.271 e. The van der Waals surface area contributed by atoms with Gasteiger partial charge in [-0.15, -0.1) is 11.3 Å². The number of rotatable bonds is 5. The minimum Gasteiger partial charge on any atom is -0.391 e. The molecule has 108 valence electrons. The highest BCUT2D eigenvalue weighted by molar-refractivity contribution is 7.94. The fraction of sp³-hybridized carbons (Fsp3) is 0.231. The van der Waals surface area contributed by atoms with Crippen molar-refractivity contribution in [3.05, 3.63) is 41.3 Å². The van der Waals surface area contributed by atoms with Crippen LogP contribution in [-0.2, 0) is 16.6 Å². The second-order valence-corrected chi connectivity index (χ2v) is 7.47. The first-order chi connectivity index (χ1) is 9.44. The van der Waals surface area contributed by atoms with E-state index in [9.17, 15) is 8.42 Å². The summed E-state index contributed by atoms with van der Waals surface area (Å²) in [5, 5.41) is 9.01. The predicted molar refractivity (Wildman–Crippen MR) is 81.8 cm³/mol. The Morgan fingerprint density at radius 2 is 1.90 bits per heavy atom. The molecule has 2 aromatic rings. The monoisotopic (exact) mass is 312 g/mol. The van der Waals surface area contributed by atoms with Gasteiger partial charge in [-0.25, -0.2) is 8.42 Å². The van der Waals surface area contributed by atoms with Gasteiger partial charge in [-0.2, -0.15) is 0 Å². The van der Waals surface area contributed by atoms with Gasteiger partial charge >= 0.3 is 0 Å². The van der Waals surface area contributed by atoms with Crippen LogP contribution in [-0.4, -0.2) is 27.6 Å². The lowest BCUT2D eigenvalue weighted by atomic mass is 10.2. The van der Waals surface area contributed by atoms with Crippen LogP contribution in [0, 0.1) is 0 Å². The van der Waals surface area contributed by atoms with Crippen LogP contribution in [0.25, 0.3) is 0 Å². The molecule has 0 unspecified atom stereocenters. The maximum atomic E-state index is 12.3. The zero-order chi connectivity index (χ0) is 14.8. The molecule has 1 aromatic heterocycles. The smallest absolute Gasteiger partial charge is 0.271 e. The number of benzene rings is 1. The fourth-order valence-electron chi connectivity index (χ4n) is 1.73. The van der Waals surface area contributed by atoms with E-state index in [1.54, 1.807) is 18.2 Å². The highest BCUT2D eigenvalue weighted by Gasteiger charge is 2.18. The molecule has 0 saturated heterocycles. The second kappa shape index (κ2) is 5.82. The molecule has 0 saturated carbocycles. The first-order valence-electron chi connectivity index (χ1n) is 5.93. The van der Waals surface area contributed by atoms with E-state index >= 15 is 0 Å². The third-order valence-corrected chi connectivity index (χ3v) is 5.62. The van der Waals surface area contributed by atoms with E-state index in [4.69, 9.17) is 5.11 Å². The Morgan fingerprint density at radius 3 is 2.50 bits per heavy atom. The van der Waals surface area contributed by atoms with Crippen molar-refractivity contribution < 1.29 is 13.5 Å². The number of para-hydroxylation sites is 2. The Balaban J connectivity index is 2.33. The molecule has 0 radical (unpaired) electrons. The van der Waals surface area contributed by atoms with Gasteiger partial charge in [0.1, 0.15) is 4.21 Å². The molecule has 0 aliphatic rings. The Morgan fingerprint density at radius 1 is 1.20 bits per heavy atom. The van der Waals surface area contributed by atoms with Crippen LogP contribution >= 0.6 is 11.3 Å². The number of nitrogens with zero attached hydrogens (tertiary/aromatic N) is 1. The first-order valence-corrected chi connectivity index (χ1v) is 8.23. The van der Waals surface area contributed by atoms with E-state index in [2.05, 4.69) is 4.72 Å². The number of nitrogens with one attached hydrogen (secondary N) is 1. The van der Waals surface area contributed by atoms with Crippen LogP contribution in [0.1, 0.15) is 4.88 Å². The van der Waals surface area contributed by atoms with Crippen LogP contribution in [0.3, 0.4) is 0 Å². The molecule has 0 spiro atoms. The van der Waals surface area contributed by atoms with E-state index < -0.39 is 10.0 Å². The summed E-state index contributed by atoms with van der Waals surface area (Å²) in [6, 6.07) is 10.3. The highest BCUT2D eigenvalue weighted by atomic mass is 32.2. The largest absolute Gasteiger partial charge is 0.391 e. The fourth-order valence-corrected chi connectivity index (χ4v) is 4.02. The summed E-state index contributed by atoms with van der Waals surface area (Å²) in [6.45, 7) is -0.158. The van der Waals surface area contributed by atoms with Crippen LogP contribution in [0.15, 0.2) is 40.6 Å². The molecular weight excluding hydrogens is 296 g/mol. The third-order valence-electron chi connectivity index (χ3n) is 2.69. The van der Waals surface area contributed by atoms with Gasteiger partial charge in [-0.1, -0.05) is 12.1 Å². The number of aliphatic hydroxyl groups excluding tert-OH is 1. The Bertz CT molecular complexity index is 693. The van der Waals surface area contributed by atoms with Gasteiger partial charge in [0, 0.05) is 19.0 Å². The zero-order valence-corrected chi connectivity index (χ0v) is 12.8. The number of aliphatic hydroxyl groups is 1. The minimum absolute atomic E-state index is 0.158. The summed E-state index contributed by atoms with van der Waals surface area (Å²) < 4.78 is 27.4. The molecule has 0 aliphatic carbocycles. The van der Waals surface area contributed by atoms with Crippen molar-refractivity contribution in [2.45, 2.75) is 10.8 Å². The lowest BCUT2D eigenvalue weighted by molar-refractivity contribution is 0.285. The normalized spacial score (nSPS) is 11.3. The lowest BCUT2D eigenvalue weighted by Gasteiger charge is -2.17. The lowest BCUT2D eigenvalue weighted by Crippen LogP contribution is -2.16. The van der Waals surface area contributed by atoms with E-state index in [1.807, 2.05) is 31.1 Å². The summed E-state index contributed by atoms with van der Waals surface area (Å²) in [5.41, 5.74) is 1.31. The van der Waals surface area contributed by atoms with E-state index in [1.165, 1.54) is 6.07 Å². The molecule has 2 N–H and O–H groups in total. The van der Waals surface area contributed by atoms with Gasteiger partial charge < -0.3 is 10.0 Å². The molecule has 0 amide bonds. The summed E-state index contributed by atoms with van der Waals surface area (Å²) in [5.74, 6) is 0. The average molecular weight is 312 g/mol. The number of hydrogen-bond acceptors (Lipinski definition) is 5. The number of sulfonamides is 1. The van der Waals surface area contributed by atoms with Crippen molar-refractivity contribution in [2.24, 2.45) is 0 Å². The Kier molecular flexibility index (Phi) is 4.32. The summed E-state index contributed by atoms with van der Waals surface area (Å²) >= 11 is 1.06. The molecular formula is C13H16N2O3S2. The van der Waals surface area contributed by atoms with Crippen molar-refractivity contribution in [3.8, 4) is 0 Å². The minimum atomic E-state index is -3.63. The Hall–Kier alpha value is -1.57. The molecule has 0 fully saturated rings. The molecule has 7 heteroatoms. The third kappa shape index (κ3) is 3.12. The van der Waals surface area contributed by atoms with Crippen molar-refractivity contribution in [1.82, 2.24) is 0 Å². The molecule has 20 heavy (non-hydrogen) atoms. The predicted octanol–water partition coefficient (Wildman–Crippen LogP) is 2.11. The second-order valence-electron chi connectivity index (χ2n) is 4.40. The van der Waals surface area contributed by atoms with Crippen molar-refractivity contribution in [1.29, 1.82) is 0 Å². The van der Waals surface area contributed by atoms with Crippen LogP contribution in [0.2, 0.25) is 0 Å². The van der Waals surface area contributed by atoms with Crippen LogP contribution < -0.4 is 9.62 Å². The topological polar surface area (TPSA) is 69.6 Å². The van der Waals surface area contributed by atoms with Crippen molar-refractivity contribution in [2.75, 3.05) is 23.7 Å². The molecule has 1 heterocycles. The Labute approximate surface area is 122 Å². The van der Waals surface area contributed by atoms with Gasteiger partial charge in [0.25, 0.3) is 10.0 Å². The standard InChI is InChI=1S/C13H16N2O3S2/c1-15(2)12-6-4-3-5-11(12)14-20(17,18)13-8-7-10(9-16)19-13/h3-8,14,16H,9H2,1-2H3. The van der Waals surface area contributed by atoms with Gasteiger partial charge in [-0.3, -0.25) is 4.72 Å². The summed E-state index contributed by atoms with van der Waals surface area (Å²) in [4.78, 5) is 2.46. The van der Waals surface area contributed by atoms with Crippen molar-refractivity contribution in [3.63, 3.8) is 0 Å². The van der Waals surface area contributed by atoms with Crippen molar-refractivity contribution >= 4 is 32.7 Å². The number of hydrogen-bond donors (Lipinski definition) is 2. The van der Waals surface area contributed by atoms with Crippen LogP contribution in [0.4, 0.5) is 11.4 Å². The molecule has 2 rings (SSSR count). The highest BCUT2D eigenvalue weighted by Crippen LogP contribution is 2.28. The molecule has 5 nitrogen and oxygen atoms in total. The van der Waals surface area contributed by atoms with Gasteiger partial charge in [-0.05, 0) is 24.3 Å². The summed E-state index contributed by atoms with van der Waals surface area (Å²) in [6.07, 6.45) is 0. The van der Waals surface area contributed by atoms with E-state index in [0.717, 1.165) is 17.0 Å². The number of thiophene rings is 1. The maximum absolute atomic E-state index is 12.3. The number of anilines is 2. The van der Waals surface area contributed by atoms with E-state index in [0.29, 0.717) is 10.6 Å². The molecule has 0 bridgehead atoms. The first kappa shape index (κ1) is 14.8. The van der Waals surface area contributed by atoms with E-state index in [-0.39, 0.29) is 10.8 Å². The molecule has 0 atom stereocenters.